The average Bonchev–Trinajstić information content (AvgIpc) is 2.85. The van der Waals surface area contributed by atoms with Crippen molar-refractivity contribution in [3.05, 3.63) is 0 Å². The van der Waals surface area contributed by atoms with Crippen molar-refractivity contribution in [2.75, 3.05) is 13.1 Å². The summed E-state index contributed by atoms with van der Waals surface area (Å²) in [5, 5.41) is 12.2. The molecule has 1 atom stereocenters. The molecule has 1 fully saturated rings. The summed E-state index contributed by atoms with van der Waals surface area (Å²) >= 11 is 0. The zero-order valence-electron chi connectivity index (χ0n) is 9.64. The molecule has 2 nitrogen and oxygen atoms in total. The lowest BCUT2D eigenvalue weighted by Gasteiger charge is -2.18. The molecular weight excluding hydrogens is 172 g/mol. The van der Waals surface area contributed by atoms with Crippen molar-refractivity contribution >= 4 is 0 Å². The highest BCUT2D eigenvalue weighted by Gasteiger charge is 2.41. The maximum absolute atomic E-state index is 8.66. The van der Waals surface area contributed by atoms with E-state index in [4.69, 9.17) is 5.26 Å². The first-order valence-electron chi connectivity index (χ1n) is 5.67. The van der Waals surface area contributed by atoms with Crippen LogP contribution in [-0.2, 0) is 0 Å². The van der Waals surface area contributed by atoms with Crippen molar-refractivity contribution in [2.24, 2.45) is 17.3 Å². The zero-order valence-corrected chi connectivity index (χ0v) is 9.64. The lowest BCUT2D eigenvalue weighted by molar-refractivity contribution is 0.367. The maximum atomic E-state index is 8.66. The van der Waals surface area contributed by atoms with Gasteiger partial charge in [-0.3, -0.25) is 0 Å². The third kappa shape index (κ3) is 3.31. The Hall–Kier alpha value is -0.550. The summed E-state index contributed by atoms with van der Waals surface area (Å²) < 4.78 is 0. The normalized spacial score (nSPS) is 20.5. The van der Waals surface area contributed by atoms with Gasteiger partial charge < -0.3 is 5.32 Å². The first kappa shape index (κ1) is 11.5. The molecule has 1 saturated carbocycles. The number of nitrogens with zero attached hydrogens (tertiary/aromatic N) is 1. The molecule has 0 spiro atoms. The molecule has 1 N–H and O–H groups in total. The van der Waals surface area contributed by atoms with Gasteiger partial charge in [0.05, 0.1) is 6.07 Å². The van der Waals surface area contributed by atoms with E-state index >= 15 is 0 Å². The first-order valence-corrected chi connectivity index (χ1v) is 5.67. The summed E-state index contributed by atoms with van der Waals surface area (Å²) in [6, 6.07) is 2.29. The minimum atomic E-state index is 0.353. The molecule has 2 heteroatoms. The van der Waals surface area contributed by atoms with Crippen LogP contribution in [0, 0.1) is 28.6 Å². The standard InChI is InChI=1S/C12H22N2/c1-10(2)11(3)8-14-9-12(4-5-12)6-7-13/h10-11,14H,4-6,8-9H2,1-3H3. The van der Waals surface area contributed by atoms with Crippen molar-refractivity contribution in [1.29, 1.82) is 5.26 Å². The van der Waals surface area contributed by atoms with Gasteiger partial charge in [-0.1, -0.05) is 20.8 Å². The molecule has 80 valence electrons. The Kier molecular flexibility index (Phi) is 3.95. The Morgan fingerprint density at radius 3 is 2.43 bits per heavy atom. The summed E-state index contributed by atoms with van der Waals surface area (Å²) in [6.45, 7) is 8.92. The fourth-order valence-electron chi connectivity index (χ4n) is 1.56. The molecular formula is C12H22N2. The van der Waals surface area contributed by atoms with Crippen molar-refractivity contribution in [2.45, 2.75) is 40.0 Å². The van der Waals surface area contributed by atoms with Crippen LogP contribution in [0.2, 0.25) is 0 Å². The van der Waals surface area contributed by atoms with Gasteiger partial charge in [0.15, 0.2) is 0 Å². The minimum absolute atomic E-state index is 0.353. The first-order chi connectivity index (χ1) is 6.59. The van der Waals surface area contributed by atoms with E-state index in [2.05, 4.69) is 32.2 Å². The fraction of sp³-hybridized carbons (Fsp3) is 0.917. The number of hydrogen-bond acceptors (Lipinski definition) is 2. The largest absolute Gasteiger partial charge is 0.316 e. The van der Waals surface area contributed by atoms with E-state index in [-0.39, 0.29) is 0 Å². The van der Waals surface area contributed by atoms with E-state index in [1.807, 2.05) is 0 Å². The van der Waals surface area contributed by atoms with Crippen LogP contribution in [0.25, 0.3) is 0 Å². The zero-order chi connectivity index (χ0) is 10.6. The second-order valence-corrected chi connectivity index (χ2v) is 5.19. The minimum Gasteiger partial charge on any atom is -0.316 e. The van der Waals surface area contributed by atoms with Crippen LogP contribution in [0.4, 0.5) is 0 Å². The predicted molar refractivity (Wildman–Crippen MR) is 58.8 cm³/mol. The molecule has 1 unspecified atom stereocenters. The second-order valence-electron chi connectivity index (χ2n) is 5.19. The summed E-state index contributed by atoms with van der Waals surface area (Å²) in [5.74, 6) is 1.47. The highest BCUT2D eigenvalue weighted by atomic mass is 14.9. The van der Waals surface area contributed by atoms with Crippen molar-refractivity contribution < 1.29 is 0 Å². The smallest absolute Gasteiger partial charge is 0.0628 e. The average molecular weight is 194 g/mol. The SMILES string of the molecule is CC(C)C(C)CNCC1(CC#N)CC1. The summed E-state index contributed by atoms with van der Waals surface area (Å²) in [6.07, 6.45) is 3.21. The molecule has 1 rings (SSSR count). The Balaban J connectivity index is 2.13. The van der Waals surface area contributed by atoms with Crippen LogP contribution in [0.15, 0.2) is 0 Å². The van der Waals surface area contributed by atoms with Gasteiger partial charge in [-0.2, -0.15) is 5.26 Å². The molecule has 0 aromatic carbocycles. The van der Waals surface area contributed by atoms with Gasteiger partial charge in [0.25, 0.3) is 0 Å². The van der Waals surface area contributed by atoms with E-state index < -0.39 is 0 Å². The highest BCUT2D eigenvalue weighted by Crippen LogP contribution is 2.47. The quantitative estimate of drug-likeness (QED) is 0.705. The van der Waals surface area contributed by atoms with E-state index in [1.165, 1.54) is 12.8 Å². The van der Waals surface area contributed by atoms with Crippen LogP contribution >= 0.6 is 0 Å². The summed E-state index contributed by atoms with van der Waals surface area (Å²) in [5.41, 5.74) is 0.353. The van der Waals surface area contributed by atoms with Gasteiger partial charge in [-0.25, -0.2) is 0 Å². The summed E-state index contributed by atoms with van der Waals surface area (Å²) in [4.78, 5) is 0. The van der Waals surface area contributed by atoms with Gasteiger partial charge in [0, 0.05) is 13.0 Å². The molecule has 0 aliphatic heterocycles. The van der Waals surface area contributed by atoms with E-state index in [0.29, 0.717) is 5.41 Å². The molecule has 0 saturated heterocycles. The molecule has 14 heavy (non-hydrogen) atoms. The van der Waals surface area contributed by atoms with Gasteiger partial charge in [-0.15, -0.1) is 0 Å². The lowest BCUT2D eigenvalue weighted by Crippen LogP contribution is -2.29. The number of nitriles is 1. The molecule has 1 aliphatic carbocycles. The predicted octanol–water partition coefficient (Wildman–Crippen LogP) is 2.56. The second kappa shape index (κ2) is 4.79. The van der Waals surface area contributed by atoms with Gasteiger partial charge in [-0.05, 0) is 36.6 Å². The van der Waals surface area contributed by atoms with E-state index in [0.717, 1.165) is 31.3 Å². The van der Waals surface area contributed by atoms with Gasteiger partial charge in [0.1, 0.15) is 0 Å². The molecule has 0 bridgehead atoms. The van der Waals surface area contributed by atoms with Gasteiger partial charge in [0.2, 0.25) is 0 Å². The number of nitrogens with one attached hydrogen (secondary N) is 1. The molecule has 0 radical (unpaired) electrons. The Labute approximate surface area is 87.7 Å². The topological polar surface area (TPSA) is 35.8 Å². The molecule has 0 heterocycles. The Morgan fingerprint density at radius 1 is 1.36 bits per heavy atom. The van der Waals surface area contributed by atoms with Crippen molar-refractivity contribution in [1.82, 2.24) is 5.32 Å². The molecule has 0 aromatic rings. The van der Waals surface area contributed by atoms with Crippen LogP contribution in [0.5, 0.6) is 0 Å². The number of hydrogen-bond donors (Lipinski definition) is 1. The Morgan fingerprint density at radius 2 is 2.00 bits per heavy atom. The summed E-state index contributed by atoms with van der Waals surface area (Å²) in [7, 11) is 0. The van der Waals surface area contributed by atoms with Crippen LogP contribution in [-0.4, -0.2) is 13.1 Å². The van der Waals surface area contributed by atoms with Crippen LogP contribution in [0.3, 0.4) is 0 Å². The van der Waals surface area contributed by atoms with E-state index in [9.17, 15) is 0 Å². The molecule has 0 aromatic heterocycles. The highest BCUT2D eigenvalue weighted by molar-refractivity contribution is 5.00. The lowest BCUT2D eigenvalue weighted by atomic mass is 9.97. The third-order valence-electron chi connectivity index (χ3n) is 3.52. The monoisotopic (exact) mass is 194 g/mol. The van der Waals surface area contributed by atoms with E-state index in [1.54, 1.807) is 0 Å². The fourth-order valence-corrected chi connectivity index (χ4v) is 1.56. The third-order valence-corrected chi connectivity index (χ3v) is 3.52. The van der Waals surface area contributed by atoms with Crippen molar-refractivity contribution in [3.63, 3.8) is 0 Å². The van der Waals surface area contributed by atoms with Crippen LogP contribution < -0.4 is 5.32 Å². The maximum Gasteiger partial charge on any atom is 0.0628 e. The Bertz CT molecular complexity index is 211. The van der Waals surface area contributed by atoms with Gasteiger partial charge >= 0.3 is 0 Å². The van der Waals surface area contributed by atoms with Crippen molar-refractivity contribution in [3.8, 4) is 6.07 Å². The van der Waals surface area contributed by atoms with Crippen LogP contribution in [0.1, 0.15) is 40.0 Å². The number of rotatable bonds is 6. The molecule has 0 amide bonds. The molecule has 1 aliphatic rings.